The third-order valence-electron chi connectivity index (χ3n) is 7.68. The first-order valence-corrected chi connectivity index (χ1v) is 15.2. The average Bonchev–Trinajstić information content (AvgIpc) is 3.29. The highest BCUT2D eigenvalue weighted by Crippen LogP contribution is 2.37. The highest BCUT2D eigenvalue weighted by atomic mass is 32.1. The molecular formula is C32H40FN3O4S. The SMILES string of the molecule is CO[C@@H]1CN(c2nc(-c3cccc(C)c3OCc3cc(F)c4c(c3)CCNCC4)cs2)CC[C@@H]1C(=O)OC(C)(C)C. The first-order valence-electron chi connectivity index (χ1n) is 14.3. The molecule has 2 atom stereocenters. The first-order chi connectivity index (χ1) is 19.6. The van der Waals surface area contributed by atoms with Gasteiger partial charge in [0, 0.05) is 31.1 Å². The van der Waals surface area contributed by atoms with E-state index in [-0.39, 0.29) is 30.4 Å². The van der Waals surface area contributed by atoms with Gasteiger partial charge in [-0.3, -0.25) is 4.79 Å². The van der Waals surface area contributed by atoms with Crippen molar-refractivity contribution in [1.82, 2.24) is 10.3 Å². The van der Waals surface area contributed by atoms with Crippen molar-refractivity contribution >= 4 is 22.4 Å². The number of hydrogen-bond donors (Lipinski definition) is 1. The lowest BCUT2D eigenvalue weighted by Gasteiger charge is -2.37. The number of halogens is 1. The molecule has 7 nitrogen and oxygen atoms in total. The zero-order valence-electron chi connectivity index (χ0n) is 24.6. The van der Waals surface area contributed by atoms with Crippen LogP contribution in [0.4, 0.5) is 9.52 Å². The third-order valence-corrected chi connectivity index (χ3v) is 8.58. The number of para-hydroxylation sites is 1. The number of carbonyl (C=O) groups excluding carboxylic acids is 1. The van der Waals surface area contributed by atoms with Crippen LogP contribution in [0.25, 0.3) is 11.3 Å². The van der Waals surface area contributed by atoms with Gasteiger partial charge in [-0.15, -0.1) is 11.3 Å². The molecule has 0 bridgehead atoms. The molecule has 1 fully saturated rings. The van der Waals surface area contributed by atoms with Crippen molar-refractivity contribution < 1.29 is 23.4 Å². The van der Waals surface area contributed by atoms with E-state index in [4.69, 9.17) is 19.2 Å². The summed E-state index contributed by atoms with van der Waals surface area (Å²) in [6.45, 7) is 10.8. The van der Waals surface area contributed by atoms with E-state index in [2.05, 4.69) is 16.3 Å². The van der Waals surface area contributed by atoms with Gasteiger partial charge in [0.1, 0.15) is 23.8 Å². The number of nitrogens with zero attached hydrogens (tertiary/aromatic N) is 2. The predicted molar refractivity (Wildman–Crippen MR) is 160 cm³/mol. The van der Waals surface area contributed by atoms with Crippen LogP contribution in [-0.2, 0) is 33.7 Å². The lowest BCUT2D eigenvalue weighted by atomic mass is 9.93. The van der Waals surface area contributed by atoms with Crippen LogP contribution in [0.3, 0.4) is 0 Å². The first kappa shape index (κ1) is 29.5. The quantitative estimate of drug-likeness (QED) is 0.359. The fraction of sp³-hybridized carbons (Fsp3) is 0.500. The molecule has 0 saturated carbocycles. The third kappa shape index (κ3) is 6.90. The number of piperidine rings is 1. The van der Waals surface area contributed by atoms with Crippen molar-refractivity contribution in [2.45, 2.75) is 65.3 Å². The molecule has 1 aromatic heterocycles. The Balaban J connectivity index is 1.31. The monoisotopic (exact) mass is 581 g/mol. The Hall–Kier alpha value is -3.01. The maximum Gasteiger partial charge on any atom is 0.312 e. The maximum absolute atomic E-state index is 14.9. The summed E-state index contributed by atoms with van der Waals surface area (Å²) in [6, 6.07) is 9.71. The van der Waals surface area contributed by atoms with Crippen LogP contribution >= 0.6 is 11.3 Å². The molecule has 41 heavy (non-hydrogen) atoms. The Morgan fingerprint density at radius 3 is 2.80 bits per heavy atom. The number of esters is 1. The minimum Gasteiger partial charge on any atom is -0.488 e. The molecular weight excluding hydrogens is 541 g/mol. The maximum atomic E-state index is 14.9. The van der Waals surface area contributed by atoms with Crippen LogP contribution in [0.2, 0.25) is 0 Å². The number of ether oxygens (including phenoxy) is 3. The van der Waals surface area contributed by atoms with Crippen molar-refractivity contribution in [3.8, 4) is 17.0 Å². The average molecular weight is 582 g/mol. The highest BCUT2D eigenvalue weighted by molar-refractivity contribution is 7.14. The summed E-state index contributed by atoms with van der Waals surface area (Å²) < 4.78 is 32.6. The van der Waals surface area contributed by atoms with E-state index < -0.39 is 5.60 Å². The minimum atomic E-state index is -0.533. The second-order valence-corrected chi connectivity index (χ2v) is 12.7. The van der Waals surface area contributed by atoms with Crippen LogP contribution in [0.5, 0.6) is 5.75 Å². The Morgan fingerprint density at radius 1 is 1.22 bits per heavy atom. The number of carbonyl (C=O) groups is 1. The van der Waals surface area contributed by atoms with Gasteiger partial charge in [0.05, 0.1) is 17.7 Å². The zero-order valence-corrected chi connectivity index (χ0v) is 25.4. The van der Waals surface area contributed by atoms with E-state index >= 15 is 0 Å². The van der Waals surface area contributed by atoms with Gasteiger partial charge in [0.2, 0.25) is 0 Å². The van der Waals surface area contributed by atoms with Gasteiger partial charge in [-0.2, -0.15) is 0 Å². The largest absolute Gasteiger partial charge is 0.488 e. The number of aromatic nitrogens is 1. The predicted octanol–water partition coefficient (Wildman–Crippen LogP) is 5.71. The molecule has 9 heteroatoms. The van der Waals surface area contributed by atoms with Crippen molar-refractivity contribution in [3.63, 3.8) is 0 Å². The molecule has 0 amide bonds. The molecule has 3 aromatic rings. The number of anilines is 1. The zero-order chi connectivity index (χ0) is 29.1. The number of rotatable bonds is 7. The van der Waals surface area contributed by atoms with Gasteiger partial charge in [0.15, 0.2) is 5.13 Å². The van der Waals surface area contributed by atoms with Crippen molar-refractivity contribution in [2.24, 2.45) is 5.92 Å². The van der Waals surface area contributed by atoms with Crippen LogP contribution in [-0.4, -0.2) is 55.9 Å². The van der Waals surface area contributed by atoms with Gasteiger partial charge >= 0.3 is 5.97 Å². The normalized spacial score (nSPS) is 19.4. The Kier molecular flexibility index (Phi) is 8.97. The minimum absolute atomic E-state index is 0.149. The molecule has 1 N–H and O–H groups in total. The Morgan fingerprint density at radius 2 is 2.02 bits per heavy atom. The number of hydrogen-bond acceptors (Lipinski definition) is 8. The van der Waals surface area contributed by atoms with Crippen LogP contribution in [0, 0.1) is 18.7 Å². The lowest BCUT2D eigenvalue weighted by Crippen LogP contribution is -2.49. The Bertz CT molecular complexity index is 1390. The molecule has 2 aliphatic heterocycles. The smallest absolute Gasteiger partial charge is 0.312 e. The van der Waals surface area contributed by atoms with Gasteiger partial charge in [-0.05, 0) is 94.4 Å². The number of aryl methyl sites for hydroxylation is 1. The van der Waals surface area contributed by atoms with E-state index in [0.717, 1.165) is 63.9 Å². The van der Waals surface area contributed by atoms with Crippen molar-refractivity contribution in [1.29, 1.82) is 0 Å². The molecule has 0 spiro atoms. The molecule has 1 saturated heterocycles. The molecule has 2 aliphatic rings. The van der Waals surface area contributed by atoms with Crippen molar-refractivity contribution in [2.75, 3.05) is 38.2 Å². The Labute approximate surface area is 246 Å². The summed E-state index contributed by atoms with van der Waals surface area (Å²) in [4.78, 5) is 19.9. The summed E-state index contributed by atoms with van der Waals surface area (Å²) >= 11 is 1.56. The number of fused-ring (bicyclic) bond motifs is 1. The van der Waals surface area contributed by atoms with E-state index in [1.54, 1.807) is 24.5 Å². The number of methoxy groups -OCH3 is 1. The molecule has 220 valence electrons. The highest BCUT2D eigenvalue weighted by Gasteiger charge is 2.38. The summed E-state index contributed by atoms with van der Waals surface area (Å²) in [5, 5.41) is 6.25. The number of nitrogens with one attached hydrogen (secondary N) is 1. The van der Waals surface area contributed by atoms with Crippen LogP contribution in [0.1, 0.15) is 49.4 Å². The van der Waals surface area contributed by atoms with Gasteiger partial charge in [-0.1, -0.05) is 18.2 Å². The fourth-order valence-corrected chi connectivity index (χ4v) is 6.48. The van der Waals surface area contributed by atoms with Gasteiger partial charge < -0.3 is 24.4 Å². The summed E-state index contributed by atoms with van der Waals surface area (Å²) in [7, 11) is 1.64. The number of thiazole rings is 1. The van der Waals surface area contributed by atoms with E-state index in [1.807, 2.05) is 51.3 Å². The van der Waals surface area contributed by atoms with Gasteiger partial charge in [0.25, 0.3) is 0 Å². The number of benzene rings is 2. The molecule has 2 aromatic carbocycles. The van der Waals surface area contributed by atoms with Gasteiger partial charge in [-0.25, -0.2) is 9.37 Å². The lowest BCUT2D eigenvalue weighted by molar-refractivity contribution is -0.165. The van der Waals surface area contributed by atoms with E-state index in [1.165, 1.54) is 0 Å². The second-order valence-electron chi connectivity index (χ2n) is 11.9. The summed E-state index contributed by atoms with van der Waals surface area (Å²) in [5.41, 5.74) is 4.90. The van der Waals surface area contributed by atoms with Crippen LogP contribution in [0.15, 0.2) is 35.7 Å². The molecule has 3 heterocycles. The van der Waals surface area contributed by atoms with E-state index in [9.17, 15) is 9.18 Å². The summed E-state index contributed by atoms with van der Waals surface area (Å²) in [6.07, 6.45) is 1.88. The van der Waals surface area contributed by atoms with E-state index in [0.29, 0.717) is 25.9 Å². The second kappa shape index (κ2) is 12.5. The summed E-state index contributed by atoms with van der Waals surface area (Å²) in [5.74, 6) is 0.0840. The molecule has 0 radical (unpaired) electrons. The standard InChI is InChI=1S/C32H40FN3O4S/c1-20-7-6-8-24(29(20)39-18-21-15-22-9-12-34-13-10-23(22)26(33)16-21)27-19-41-31(35-27)36-14-11-25(28(17-36)38-5)30(37)40-32(2,3)4/h6-8,15-16,19,25,28,34H,9-14,17-18H2,1-5H3/t25-,28+/m0/s1. The topological polar surface area (TPSA) is 72.9 Å². The molecule has 0 aliphatic carbocycles. The van der Waals surface area contributed by atoms with Crippen LogP contribution < -0.4 is 15.0 Å². The molecule has 5 rings (SSSR count). The fourth-order valence-electron chi connectivity index (χ4n) is 5.61. The van der Waals surface area contributed by atoms with Crippen molar-refractivity contribution in [3.05, 3.63) is 63.8 Å². The molecule has 0 unspecified atom stereocenters.